The minimum absolute atomic E-state index is 0.206. The van der Waals surface area contributed by atoms with Crippen LogP contribution in [0.25, 0.3) is 16.9 Å². The van der Waals surface area contributed by atoms with E-state index >= 15 is 0 Å². The van der Waals surface area contributed by atoms with Crippen molar-refractivity contribution < 1.29 is 9.13 Å². The summed E-state index contributed by atoms with van der Waals surface area (Å²) >= 11 is 0. The van der Waals surface area contributed by atoms with Crippen molar-refractivity contribution in [3.8, 4) is 16.9 Å². The van der Waals surface area contributed by atoms with Crippen LogP contribution in [0.1, 0.15) is 47.1 Å². The Morgan fingerprint density at radius 3 is 2.00 bits per heavy atom. The highest BCUT2D eigenvalue weighted by atomic mass is 28.3. The van der Waals surface area contributed by atoms with Crippen LogP contribution in [0, 0.1) is 5.82 Å². The van der Waals surface area contributed by atoms with E-state index in [1.807, 2.05) is 30.3 Å². The third-order valence-corrected chi connectivity index (χ3v) is 12.8. The molecular weight excluding hydrogens is 339 g/mol. The van der Waals surface area contributed by atoms with Gasteiger partial charge in [-0.1, -0.05) is 77.6 Å². The summed E-state index contributed by atoms with van der Waals surface area (Å²) in [6.45, 7) is 13.8. The lowest BCUT2D eigenvalue weighted by Crippen LogP contribution is -2.43. The number of hydrogen-bond acceptors (Lipinski definition) is 1. The van der Waals surface area contributed by atoms with Gasteiger partial charge in [-0.05, 0) is 34.3 Å². The summed E-state index contributed by atoms with van der Waals surface area (Å²) in [7, 11) is -1.88. The van der Waals surface area contributed by atoms with Crippen molar-refractivity contribution >= 4 is 13.8 Å². The summed E-state index contributed by atoms with van der Waals surface area (Å²) in [5, 5.41) is 0. The zero-order chi connectivity index (χ0) is 19.1. The van der Waals surface area contributed by atoms with Crippen LogP contribution in [0.15, 0.2) is 48.2 Å². The molecule has 3 heteroatoms. The van der Waals surface area contributed by atoms with Gasteiger partial charge in [0, 0.05) is 5.56 Å². The lowest BCUT2D eigenvalue weighted by Gasteiger charge is -2.41. The highest BCUT2D eigenvalue weighted by molar-refractivity contribution is 6.88. The van der Waals surface area contributed by atoms with Gasteiger partial charge in [0.1, 0.15) is 17.3 Å². The summed E-state index contributed by atoms with van der Waals surface area (Å²) < 4.78 is 21.2. The number of hydrogen-bond donors (Lipinski definition) is 0. The normalized spacial score (nSPS) is 15.4. The Bertz CT molecular complexity index is 814. The van der Waals surface area contributed by atoms with E-state index in [1.54, 1.807) is 6.07 Å². The van der Waals surface area contributed by atoms with Crippen molar-refractivity contribution in [2.45, 2.75) is 58.2 Å². The topological polar surface area (TPSA) is 9.23 Å². The Labute approximate surface area is 157 Å². The van der Waals surface area contributed by atoms with E-state index in [2.05, 4.69) is 47.2 Å². The highest BCUT2D eigenvalue weighted by Crippen LogP contribution is 2.48. The quantitative estimate of drug-likeness (QED) is 0.509. The van der Waals surface area contributed by atoms with Crippen molar-refractivity contribution in [3.05, 3.63) is 59.5 Å². The second kappa shape index (κ2) is 7.03. The van der Waals surface area contributed by atoms with E-state index in [9.17, 15) is 4.39 Å². The molecule has 1 aliphatic heterocycles. The van der Waals surface area contributed by atoms with Crippen LogP contribution in [0.3, 0.4) is 0 Å². The summed E-state index contributed by atoms with van der Waals surface area (Å²) in [5.74, 6) is 1.32. The fourth-order valence-corrected chi connectivity index (χ4v) is 10.4. The summed E-state index contributed by atoms with van der Waals surface area (Å²) in [6, 6.07) is 13.2. The second-order valence-corrected chi connectivity index (χ2v) is 14.0. The standard InChI is InChI=1S/C23H29FOSi/c1-15(2)26(16(3)4,17(5)6)14-22-23-19(11-9-12-20(23)24)18-10-7-8-13-21(18)25-22/h7-17H,1-6H3/b22-14-. The van der Waals surface area contributed by atoms with E-state index in [1.165, 1.54) is 6.07 Å². The highest BCUT2D eigenvalue weighted by Gasteiger charge is 2.42. The van der Waals surface area contributed by atoms with Crippen molar-refractivity contribution in [2.75, 3.05) is 0 Å². The maximum Gasteiger partial charge on any atom is 0.135 e. The molecule has 1 aliphatic rings. The first-order valence-corrected chi connectivity index (χ1v) is 11.9. The van der Waals surface area contributed by atoms with E-state index in [0.717, 1.165) is 16.9 Å². The molecule has 0 saturated heterocycles. The monoisotopic (exact) mass is 368 g/mol. The molecule has 0 unspecified atom stereocenters. The predicted octanol–water partition coefficient (Wildman–Crippen LogP) is 7.44. The molecule has 0 fully saturated rings. The number of rotatable bonds is 4. The molecule has 138 valence electrons. The molecule has 2 aromatic rings. The molecule has 2 aromatic carbocycles. The number of ether oxygens (including phenoxy) is 1. The molecule has 26 heavy (non-hydrogen) atoms. The molecule has 0 spiro atoms. The van der Waals surface area contributed by atoms with Gasteiger partial charge < -0.3 is 4.74 Å². The van der Waals surface area contributed by atoms with E-state index in [-0.39, 0.29) is 5.82 Å². The Morgan fingerprint density at radius 1 is 0.808 bits per heavy atom. The maximum atomic E-state index is 14.9. The van der Waals surface area contributed by atoms with Crippen LogP contribution in [0.5, 0.6) is 5.75 Å². The summed E-state index contributed by atoms with van der Waals surface area (Å²) in [4.78, 5) is 0. The molecule has 0 aliphatic carbocycles. The van der Waals surface area contributed by atoms with Crippen molar-refractivity contribution in [1.82, 2.24) is 0 Å². The fourth-order valence-electron chi connectivity index (χ4n) is 4.78. The second-order valence-electron chi connectivity index (χ2n) is 8.23. The average molecular weight is 369 g/mol. The Kier molecular flexibility index (Phi) is 5.11. The first kappa shape index (κ1) is 18.9. The van der Waals surface area contributed by atoms with Crippen LogP contribution < -0.4 is 4.74 Å². The minimum Gasteiger partial charge on any atom is -0.457 e. The van der Waals surface area contributed by atoms with Gasteiger partial charge in [0.15, 0.2) is 0 Å². The zero-order valence-electron chi connectivity index (χ0n) is 16.6. The number of para-hydroxylation sites is 1. The van der Waals surface area contributed by atoms with E-state index in [4.69, 9.17) is 4.74 Å². The lowest BCUT2D eigenvalue weighted by molar-refractivity contribution is 0.502. The molecule has 0 N–H and O–H groups in total. The summed E-state index contributed by atoms with van der Waals surface area (Å²) in [6.07, 6.45) is 0. The van der Waals surface area contributed by atoms with Gasteiger partial charge in [0.25, 0.3) is 0 Å². The summed E-state index contributed by atoms with van der Waals surface area (Å²) in [5.41, 5.74) is 6.49. The first-order chi connectivity index (χ1) is 12.3. The van der Waals surface area contributed by atoms with Gasteiger partial charge in [-0.3, -0.25) is 0 Å². The van der Waals surface area contributed by atoms with Crippen molar-refractivity contribution in [1.29, 1.82) is 0 Å². The fraction of sp³-hybridized carbons (Fsp3) is 0.391. The molecule has 0 amide bonds. The van der Waals surface area contributed by atoms with Crippen LogP contribution in [-0.4, -0.2) is 8.07 Å². The van der Waals surface area contributed by atoms with Crippen LogP contribution in [0.2, 0.25) is 16.6 Å². The predicted molar refractivity (Wildman–Crippen MR) is 111 cm³/mol. The number of fused-ring (bicyclic) bond motifs is 3. The molecule has 0 bridgehead atoms. The van der Waals surface area contributed by atoms with Crippen molar-refractivity contribution in [2.24, 2.45) is 0 Å². The van der Waals surface area contributed by atoms with Gasteiger partial charge in [-0.2, -0.15) is 0 Å². The zero-order valence-corrected chi connectivity index (χ0v) is 17.6. The van der Waals surface area contributed by atoms with Crippen LogP contribution >= 0.6 is 0 Å². The van der Waals surface area contributed by atoms with Crippen molar-refractivity contribution in [3.63, 3.8) is 0 Å². The molecule has 3 rings (SSSR count). The molecule has 0 saturated carbocycles. The molecule has 1 heterocycles. The SMILES string of the molecule is CC(C)[Si](/C=C1\Oc2ccccc2-c2cccc(F)c21)(C(C)C)C(C)C. The van der Waals surface area contributed by atoms with E-state index < -0.39 is 8.07 Å². The van der Waals surface area contributed by atoms with Gasteiger partial charge in [-0.25, -0.2) is 4.39 Å². The van der Waals surface area contributed by atoms with Gasteiger partial charge in [-0.15, -0.1) is 0 Å². The largest absolute Gasteiger partial charge is 0.457 e. The smallest absolute Gasteiger partial charge is 0.135 e. The first-order valence-electron chi connectivity index (χ1n) is 9.58. The minimum atomic E-state index is -1.88. The average Bonchev–Trinajstić information content (AvgIpc) is 2.58. The number of halogens is 1. The molecule has 0 aromatic heterocycles. The molecule has 0 atom stereocenters. The Morgan fingerprint density at radius 2 is 1.38 bits per heavy atom. The molecule has 1 nitrogen and oxygen atoms in total. The van der Waals surface area contributed by atoms with Gasteiger partial charge in [0.2, 0.25) is 0 Å². The third-order valence-electron chi connectivity index (χ3n) is 6.04. The van der Waals surface area contributed by atoms with Crippen LogP contribution in [-0.2, 0) is 0 Å². The number of benzene rings is 2. The lowest BCUT2D eigenvalue weighted by atomic mass is 9.95. The van der Waals surface area contributed by atoms with E-state index in [0.29, 0.717) is 27.9 Å². The Hall–Kier alpha value is -1.87. The molecule has 0 radical (unpaired) electrons. The van der Waals surface area contributed by atoms with Gasteiger partial charge in [0.05, 0.1) is 13.6 Å². The molecular formula is C23H29FOSi. The maximum absolute atomic E-state index is 14.9. The van der Waals surface area contributed by atoms with Crippen LogP contribution in [0.4, 0.5) is 4.39 Å². The Balaban J connectivity index is 2.28. The third kappa shape index (κ3) is 2.92. The van der Waals surface area contributed by atoms with Gasteiger partial charge >= 0.3 is 0 Å².